The van der Waals surface area contributed by atoms with E-state index < -0.39 is 0 Å². The van der Waals surface area contributed by atoms with Gasteiger partial charge in [-0.3, -0.25) is 4.90 Å². The van der Waals surface area contributed by atoms with Crippen LogP contribution < -0.4 is 15.4 Å². The van der Waals surface area contributed by atoms with Gasteiger partial charge in [0.1, 0.15) is 5.75 Å². The first-order chi connectivity index (χ1) is 9.67. The summed E-state index contributed by atoms with van der Waals surface area (Å²) in [7, 11) is 1.73. The van der Waals surface area contributed by atoms with Crippen molar-refractivity contribution in [1.82, 2.24) is 4.90 Å². The SMILES string of the molecule is COc1ccccc1N1CCN(C(CN)C(C)C)CC1. The Balaban J connectivity index is 2.00. The van der Waals surface area contributed by atoms with Gasteiger partial charge in [0, 0.05) is 38.8 Å². The highest BCUT2D eigenvalue weighted by molar-refractivity contribution is 5.58. The van der Waals surface area contributed by atoms with Gasteiger partial charge in [-0.1, -0.05) is 26.0 Å². The largest absolute Gasteiger partial charge is 0.495 e. The fourth-order valence-electron chi connectivity index (χ4n) is 3.03. The summed E-state index contributed by atoms with van der Waals surface area (Å²) in [6.45, 7) is 9.45. The second-order valence-corrected chi connectivity index (χ2v) is 5.74. The van der Waals surface area contributed by atoms with E-state index >= 15 is 0 Å². The van der Waals surface area contributed by atoms with Crippen LogP contribution in [0.4, 0.5) is 5.69 Å². The lowest BCUT2D eigenvalue weighted by molar-refractivity contribution is 0.151. The molecule has 1 aliphatic rings. The Morgan fingerprint density at radius 2 is 1.80 bits per heavy atom. The van der Waals surface area contributed by atoms with Crippen molar-refractivity contribution < 1.29 is 4.74 Å². The monoisotopic (exact) mass is 277 g/mol. The Hall–Kier alpha value is -1.26. The topological polar surface area (TPSA) is 41.7 Å². The molecule has 0 spiro atoms. The molecule has 0 saturated carbocycles. The van der Waals surface area contributed by atoms with Crippen molar-refractivity contribution in [2.45, 2.75) is 19.9 Å². The molecule has 4 heteroatoms. The predicted octanol–water partition coefficient (Wildman–Crippen LogP) is 1.80. The quantitative estimate of drug-likeness (QED) is 0.891. The molecule has 4 nitrogen and oxygen atoms in total. The number of ether oxygens (including phenoxy) is 1. The lowest BCUT2D eigenvalue weighted by Crippen LogP contribution is -2.54. The average Bonchev–Trinajstić information content (AvgIpc) is 2.48. The molecule has 112 valence electrons. The number of piperazine rings is 1. The number of nitrogens with zero attached hydrogens (tertiary/aromatic N) is 2. The highest BCUT2D eigenvalue weighted by atomic mass is 16.5. The van der Waals surface area contributed by atoms with Crippen molar-refractivity contribution >= 4 is 5.69 Å². The van der Waals surface area contributed by atoms with Crippen molar-refractivity contribution in [3.8, 4) is 5.75 Å². The lowest BCUT2D eigenvalue weighted by Gasteiger charge is -2.41. The number of anilines is 1. The van der Waals surface area contributed by atoms with Gasteiger partial charge < -0.3 is 15.4 Å². The maximum absolute atomic E-state index is 5.92. The number of para-hydroxylation sites is 2. The summed E-state index contributed by atoms with van der Waals surface area (Å²) in [6.07, 6.45) is 0. The van der Waals surface area contributed by atoms with Crippen molar-refractivity contribution in [1.29, 1.82) is 0 Å². The smallest absolute Gasteiger partial charge is 0.142 e. The molecule has 1 atom stereocenters. The first-order valence-corrected chi connectivity index (χ1v) is 7.49. The molecule has 1 aliphatic heterocycles. The first kappa shape index (κ1) is 15.1. The van der Waals surface area contributed by atoms with Gasteiger partial charge in [-0.05, 0) is 18.1 Å². The molecule has 0 bridgehead atoms. The zero-order valence-corrected chi connectivity index (χ0v) is 12.9. The van der Waals surface area contributed by atoms with Gasteiger partial charge in [0.15, 0.2) is 0 Å². The van der Waals surface area contributed by atoms with E-state index in [4.69, 9.17) is 10.5 Å². The van der Waals surface area contributed by atoms with E-state index in [-0.39, 0.29) is 0 Å². The van der Waals surface area contributed by atoms with Crippen LogP contribution in [0.5, 0.6) is 5.75 Å². The average molecular weight is 277 g/mol. The van der Waals surface area contributed by atoms with Crippen LogP contribution in [0, 0.1) is 5.92 Å². The van der Waals surface area contributed by atoms with E-state index in [2.05, 4.69) is 35.8 Å². The highest BCUT2D eigenvalue weighted by Crippen LogP contribution is 2.28. The van der Waals surface area contributed by atoms with Crippen molar-refractivity contribution in [2.75, 3.05) is 44.7 Å². The van der Waals surface area contributed by atoms with E-state index in [9.17, 15) is 0 Å². The molecular weight excluding hydrogens is 250 g/mol. The normalized spacial score (nSPS) is 18.4. The number of benzene rings is 1. The van der Waals surface area contributed by atoms with Crippen molar-refractivity contribution in [3.63, 3.8) is 0 Å². The number of methoxy groups -OCH3 is 1. The molecule has 2 rings (SSSR count). The Morgan fingerprint density at radius 3 is 2.35 bits per heavy atom. The minimum absolute atomic E-state index is 0.495. The second-order valence-electron chi connectivity index (χ2n) is 5.74. The molecule has 20 heavy (non-hydrogen) atoms. The highest BCUT2D eigenvalue weighted by Gasteiger charge is 2.25. The zero-order valence-electron chi connectivity index (χ0n) is 12.9. The Morgan fingerprint density at radius 1 is 1.15 bits per heavy atom. The molecule has 1 fully saturated rings. The zero-order chi connectivity index (χ0) is 14.5. The third-order valence-corrected chi connectivity index (χ3v) is 4.22. The van der Waals surface area contributed by atoms with Crippen LogP contribution in [0.15, 0.2) is 24.3 Å². The fraction of sp³-hybridized carbons (Fsp3) is 0.625. The third kappa shape index (κ3) is 3.25. The van der Waals surface area contributed by atoms with E-state index in [1.807, 2.05) is 12.1 Å². The molecule has 1 aromatic carbocycles. The van der Waals surface area contributed by atoms with Crippen LogP contribution in [0.25, 0.3) is 0 Å². The summed E-state index contributed by atoms with van der Waals surface area (Å²) >= 11 is 0. The Labute approximate surface area is 122 Å². The summed E-state index contributed by atoms with van der Waals surface area (Å²) in [5, 5.41) is 0. The van der Waals surface area contributed by atoms with Gasteiger partial charge in [-0.15, -0.1) is 0 Å². The van der Waals surface area contributed by atoms with Gasteiger partial charge in [-0.25, -0.2) is 0 Å². The van der Waals surface area contributed by atoms with Crippen LogP contribution in [-0.2, 0) is 0 Å². The molecule has 0 amide bonds. The van der Waals surface area contributed by atoms with Crippen LogP contribution in [-0.4, -0.2) is 50.8 Å². The van der Waals surface area contributed by atoms with E-state index in [0.29, 0.717) is 12.0 Å². The third-order valence-electron chi connectivity index (χ3n) is 4.22. The summed E-state index contributed by atoms with van der Waals surface area (Å²) in [5.41, 5.74) is 7.12. The van der Waals surface area contributed by atoms with Gasteiger partial charge in [-0.2, -0.15) is 0 Å². The number of rotatable bonds is 5. The predicted molar refractivity (Wildman–Crippen MR) is 84.5 cm³/mol. The molecule has 1 aromatic rings. The minimum atomic E-state index is 0.495. The fourth-order valence-corrected chi connectivity index (χ4v) is 3.03. The van der Waals surface area contributed by atoms with E-state index in [1.165, 1.54) is 5.69 Å². The van der Waals surface area contributed by atoms with Gasteiger partial charge in [0.25, 0.3) is 0 Å². The molecular formula is C16H27N3O. The minimum Gasteiger partial charge on any atom is -0.495 e. The first-order valence-electron chi connectivity index (χ1n) is 7.49. The van der Waals surface area contributed by atoms with E-state index in [0.717, 1.165) is 38.5 Å². The van der Waals surface area contributed by atoms with Gasteiger partial charge in [0.2, 0.25) is 0 Å². The summed E-state index contributed by atoms with van der Waals surface area (Å²) < 4.78 is 5.46. The number of hydrogen-bond donors (Lipinski definition) is 1. The Bertz CT molecular complexity index is 414. The molecule has 2 N–H and O–H groups in total. The maximum atomic E-state index is 5.92. The van der Waals surface area contributed by atoms with Crippen LogP contribution in [0.2, 0.25) is 0 Å². The molecule has 0 radical (unpaired) electrons. The second kappa shape index (κ2) is 6.95. The van der Waals surface area contributed by atoms with Crippen molar-refractivity contribution in [3.05, 3.63) is 24.3 Å². The molecule has 1 saturated heterocycles. The molecule has 0 aromatic heterocycles. The van der Waals surface area contributed by atoms with Gasteiger partial charge >= 0.3 is 0 Å². The van der Waals surface area contributed by atoms with Crippen LogP contribution in [0.3, 0.4) is 0 Å². The van der Waals surface area contributed by atoms with E-state index in [1.54, 1.807) is 7.11 Å². The summed E-state index contributed by atoms with van der Waals surface area (Å²) in [4.78, 5) is 4.93. The molecule has 1 unspecified atom stereocenters. The summed E-state index contributed by atoms with van der Waals surface area (Å²) in [6, 6.07) is 8.74. The Kier molecular flexibility index (Phi) is 5.26. The van der Waals surface area contributed by atoms with Crippen LogP contribution in [0.1, 0.15) is 13.8 Å². The van der Waals surface area contributed by atoms with Crippen LogP contribution >= 0.6 is 0 Å². The number of nitrogens with two attached hydrogens (primary N) is 1. The standard InChI is InChI=1S/C16H27N3O/c1-13(2)15(12-17)19-10-8-18(9-11-19)14-6-4-5-7-16(14)20-3/h4-7,13,15H,8-12,17H2,1-3H3. The molecule has 0 aliphatic carbocycles. The molecule has 1 heterocycles. The maximum Gasteiger partial charge on any atom is 0.142 e. The van der Waals surface area contributed by atoms with Crippen molar-refractivity contribution in [2.24, 2.45) is 11.7 Å². The number of hydrogen-bond acceptors (Lipinski definition) is 4. The summed E-state index contributed by atoms with van der Waals surface area (Å²) in [5.74, 6) is 1.57. The lowest BCUT2D eigenvalue weighted by atomic mass is 10.0. The van der Waals surface area contributed by atoms with Gasteiger partial charge in [0.05, 0.1) is 12.8 Å².